The summed E-state index contributed by atoms with van der Waals surface area (Å²) < 4.78 is 16.9. The lowest BCUT2D eigenvalue weighted by atomic mass is 10.0. The van der Waals surface area contributed by atoms with Gasteiger partial charge >= 0.3 is 17.9 Å². The van der Waals surface area contributed by atoms with E-state index in [1.165, 1.54) is 225 Å². The minimum atomic E-state index is -0.773. The van der Waals surface area contributed by atoms with Gasteiger partial charge in [-0.25, -0.2) is 0 Å². The molecule has 0 saturated heterocycles. The zero-order chi connectivity index (χ0) is 59.9. The van der Waals surface area contributed by atoms with Crippen molar-refractivity contribution >= 4 is 17.9 Å². The molecule has 0 bridgehead atoms. The minimum Gasteiger partial charge on any atom is -0.462 e. The maximum Gasteiger partial charge on any atom is 0.306 e. The van der Waals surface area contributed by atoms with Gasteiger partial charge in [0.15, 0.2) is 6.10 Å². The Bertz CT molecular complexity index is 1570. The van der Waals surface area contributed by atoms with Gasteiger partial charge in [-0.05, 0) is 77.0 Å². The van der Waals surface area contributed by atoms with Crippen LogP contribution >= 0.6 is 0 Å². The summed E-state index contributed by atoms with van der Waals surface area (Å²) in [5.74, 6) is -0.862. The summed E-state index contributed by atoms with van der Waals surface area (Å²) in [7, 11) is 0. The molecular weight excluding hydrogens is 1020 g/mol. The van der Waals surface area contributed by atoms with Gasteiger partial charge < -0.3 is 14.2 Å². The number of hydrogen-bond donors (Lipinski definition) is 0. The second-order valence-corrected chi connectivity index (χ2v) is 24.1. The van der Waals surface area contributed by atoms with E-state index in [4.69, 9.17) is 14.2 Å². The summed E-state index contributed by atoms with van der Waals surface area (Å²) in [5, 5.41) is 0. The Balaban J connectivity index is 4.05. The van der Waals surface area contributed by atoms with Crippen molar-refractivity contribution in [1.82, 2.24) is 0 Å². The van der Waals surface area contributed by atoms with Crippen LogP contribution in [0.25, 0.3) is 0 Å². The molecule has 480 valence electrons. The number of ether oxygens (including phenoxy) is 3. The highest BCUT2D eigenvalue weighted by molar-refractivity contribution is 5.71. The summed E-state index contributed by atoms with van der Waals surface area (Å²) in [6, 6.07) is 0. The summed E-state index contributed by atoms with van der Waals surface area (Å²) in [4.78, 5) is 38.2. The van der Waals surface area contributed by atoms with E-state index in [1.807, 2.05) is 0 Å². The molecule has 0 radical (unpaired) electrons. The molecule has 0 fully saturated rings. The number of allylic oxidation sites excluding steroid dienone is 14. The monoisotopic (exact) mass is 1160 g/mol. The Morgan fingerprint density at radius 3 is 0.735 bits per heavy atom. The Kier molecular flexibility index (Phi) is 68.2. The molecule has 0 rings (SSSR count). The Labute approximate surface area is 515 Å². The first-order chi connectivity index (χ1) is 41.0. The highest BCUT2D eigenvalue weighted by Crippen LogP contribution is 2.18. The molecule has 83 heavy (non-hydrogen) atoms. The maximum atomic E-state index is 12.9. The second-order valence-electron chi connectivity index (χ2n) is 24.1. The van der Waals surface area contributed by atoms with Gasteiger partial charge in [0.05, 0.1) is 0 Å². The minimum absolute atomic E-state index is 0.0719. The third-order valence-corrected chi connectivity index (χ3v) is 15.9. The van der Waals surface area contributed by atoms with Crippen molar-refractivity contribution < 1.29 is 28.6 Å². The van der Waals surface area contributed by atoms with Crippen molar-refractivity contribution in [2.45, 2.75) is 374 Å². The first kappa shape index (κ1) is 79.6. The van der Waals surface area contributed by atoms with Gasteiger partial charge in [0.25, 0.3) is 0 Å². The largest absolute Gasteiger partial charge is 0.462 e. The van der Waals surface area contributed by atoms with Gasteiger partial charge in [0, 0.05) is 19.3 Å². The number of unbranched alkanes of at least 4 members (excludes halogenated alkanes) is 41. The molecule has 0 aromatic rings. The van der Waals surface area contributed by atoms with Crippen LogP contribution in [0.4, 0.5) is 0 Å². The molecule has 0 N–H and O–H groups in total. The van der Waals surface area contributed by atoms with Crippen molar-refractivity contribution in [2.75, 3.05) is 13.2 Å². The van der Waals surface area contributed by atoms with Crippen molar-refractivity contribution in [1.29, 1.82) is 0 Å². The highest BCUT2D eigenvalue weighted by Gasteiger charge is 2.19. The molecule has 0 aliphatic carbocycles. The molecule has 0 heterocycles. The molecule has 0 aromatic carbocycles. The van der Waals surface area contributed by atoms with E-state index in [-0.39, 0.29) is 31.1 Å². The topological polar surface area (TPSA) is 78.9 Å². The zero-order valence-corrected chi connectivity index (χ0v) is 55.2. The van der Waals surface area contributed by atoms with Gasteiger partial charge in [0.2, 0.25) is 0 Å². The molecule has 0 aliphatic rings. The highest BCUT2D eigenvalue weighted by atomic mass is 16.6. The molecule has 6 nitrogen and oxygen atoms in total. The molecule has 0 amide bonds. The summed E-state index contributed by atoms with van der Waals surface area (Å²) in [6.07, 6.45) is 95.1. The van der Waals surface area contributed by atoms with Crippen LogP contribution in [0.15, 0.2) is 85.1 Å². The van der Waals surface area contributed by atoms with Crippen LogP contribution in [0.1, 0.15) is 367 Å². The Hall–Kier alpha value is -3.41. The fourth-order valence-electron chi connectivity index (χ4n) is 10.5. The van der Waals surface area contributed by atoms with E-state index in [0.717, 1.165) is 103 Å². The lowest BCUT2D eigenvalue weighted by molar-refractivity contribution is -0.167. The number of carbonyl (C=O) groups is 3. The first-order valence-electron chi connectivity index (χ1n) is 36.1. The molecule has 6 heteroatoms. The standard InChI is InChI=1S/C77H136O6/c1-4-7-10-13-16-18-20-22-24-26-28-30-32-34-35-36-37-38-39-40-41-43-44-46-48-50-52-54-56-58-61-64-67-70-76(79)82-73-74(72-81-75(78)69-66-63-60-15-12-9-6-3)83-77(80)71-68-65-62-59-57-55-53-51-49-47-45-42-33-31-29-27-25-23-21-19-17-14-11-8-5-2/h7,10,16,18,22,24,28,30,34-35,37-38,40-41,74H,4-6,8-9,11-15,17,19-21,23,25-27,29,31-33,36,39,42-73H2,1-3H3/b10-7-,18-16-,24-22-,30-28-,35-34-,38-37-,41-40-. The molecule has 1 unspecified atom stereocenters. The van der Waals surface area contributed by atoms with Crippen molar-refractivity contribution in [2.24, 2.45) is 0 Å². The summed E-state index contributed by atoms with van der Waals surface area (Å²) >= 11 is 0. The third-order valence-electron chi connectivity index (χ3n) is 15.9. The predicted octanol–water partition coefficient (Wildman–Crippen LogP) is 25.0. The summed E-state index contributed by atoms with van der Waals surface area (Å²) in [6.45, 7) is 6.53. The number of carbonyl (C=O) groups excluding carboxylic acids is 3. The smallest absolute Gasteiger partial charge is 0.306 e. The van der Waals surface area contributed by atoms with Gasteiger partial charge in [-0.15, -0.1) is 0 Å². The SMILES string of the molecule is CC/C=C\C/C=C\C/C=C\C/C=C\C/C=C\C/C=C\C/C=C\CCCCCCCCCCCCCC(=O)OCC(COC(=O)CCCCCCCCC)OC(=O)CCCCCCCCCCCCCCCCCCCCCCCCCCC. The van der Waals surface area contributed by atoms with Gasteiger partial charge in [-0.2, -0.15) is 0 Å². The molecule has 0 saturated carbocycles. The zero-order valence-electron chi connectivity index (χ0n) is 55.2. The van der Waals surface area contributed by atoms with Crippen LogP contribution in [-0.2, 0) is 28.6 Å². The average molecular weight is 1160 g/mol. The van der Waals surface area contributed by atoms with Crippen molar-refractivity contribution in [3.05, 3.63) is 85.1 Å². The maximum absolute atomic E-state index is 12.9. The summed E-state index contributed by atoms with van der Waals surface area (Å²) in [5.41, 5.74) is 0. The van der Waals surface area contributed by atoms with Gasteiger partial charge in [0.1, 0.15) is 13.2 Å². The lowest BCUT2D eigenvalue weighted by Gasteiger charge is -2.18. The van der Waals surface area contributed by atoms with E-state index < -0.39 is 6.10 Å². The quantitative estimate of drug-likeness (QED) is 0.0261. The van der Waals surface area contributed by atoms with Crippen LogP contribution in [0, 0.1) is 0 Å². The fourth-order valence-corrected chi connectivity index (χ4v) is 10.5. The molecule has 0 aromatic heterocycles. The molecule has 0 aliphatic heterocycles. The van der Waals surface area contributed by atoms with Gasteiger partial charge in [-0.3, -0.25) is 14.4 Å². The molecule has 1 atom stereocenters. The van der Waals surface area contributed by atoms with Crippen LogP contribution in [0.3, 0.4) is 0 Å². The number of hydrogen-bond acceptors (Lipinski definition) is 6. The van der Waals surface area contributed by atoms with Crippen molar-refractivity contribution in [3.8, 4) is 0 Å². The van der Waals surface area contributed by atoms with E-state index in [9.17, 15) is 14.4 Å². The number of rotatable bonds is 66. The average Bonchev–Trinajstić information content (AvgIpc) is 3.50. The van der Waals surface area contributed by atoms with Crippen LogP contribution in [0.2, 0.25) is 0 Å². The number of esters is 3. The van der Waals surface area contributed by atoms with E-state index in [2.05, 4.69) is 106 Å². The van der Waals surface area contributed by atoms with Crippen LogP contribution in [0.5, 0.6) is 0 Å². The second kappa shape index (κ2) is 71.1. The van der Waals surface area contributed by atoms with Crippen LogP contribution < -0.4 is 0 Å². The van der Waals surface area contributed by atoms with E-state index in [0.29, 0.717) is 19.3 Å². The normalized spacial score (nSPS) is 12.6. The Morgan fingerprint density at radius 2 is 0.470 bits per heavy atom. The molecular formula is C77H136O6. The van der Waals surface area contributed by atoms with E-state index in [1.54, 1.807) is 0 Å². The Morgan fingerprint density at radius 1 is 0.253 bits per heavy atom. The first-order valence-corrected chi connectivity index (χ1v) is 36.1. The van der Waals surface area contributed by atoms with Gasteiger partial charge in [-0.1, -0.05) is 356 Å². The van der Waals surface area contributed by atoms with E-state index >= 15 is 0 Å². The molecule has 0 spiro atoms. The predicted molar refractivity (Wildman–Crippen MR) is 362 cm³/mol. The lowest BCUT2D eigenvalue weighted by Crippen LogP contribution is -2.30. The third kappa shape index (κ3) is 69.3. The fraction of sp³-hybridized carbons (Fsp3) is 0.779. The van der Waals surface area contributed by atoms with Crippen molar-refractivity contribution in [3.63, 3.8) is 0 Å². The van der Waals surface area contributed by atoms with Crippen LogP contribution in [-0.4, -0.2) is 37.2 Å².